The van der Waals surface area contributed by atoms with Crippen molar-refractivity contribution in [1.29, 1.82) is 0 Å². The van der Waals surface area contributed by atoms with Crippen molar-refractivity contribution in [3.8, 4) is 0 Å². The van der Waals surface area contributed by atoms with Crippen LogP contribution in [0.5, 0.6) is 0 Å². The number of nitrogen functional groups attached to an aromatic ring is 1. The summed E-state index contributed by atoms with van der Waals surface area (Å²) >= 11 is 5.85. The number of anilines is 3. The van der Waals surface area contributed by atoms with E-state index in [1.54, 1.807) is 0 Å². The Bertz CT molecular complexity index is 585. The van der Waals surface area contributed by atoms with Gasteiger partial charge in [0.2, 0.25) is 17.8 Å². The SMILES string of the molecule is CC(C)Nc1nc(N)nc(NCCc2ccc(Cl)cc2)n1. The second kappa shape index (κ2) is 7.08. The molecule has 0 aliphatic heterocycles. The van der Waals surface area contributed by atoms with Crippen molar-refractivity contribution in [2.24, 2.45) is 0 Å². The Morgan fingerprint density at radius 3 is 2.43 bits per heavy atom. The van der Waals surface area contributed by atoms with E-state index >= 15 is 0 Å². The number of nitrogens with one attached hydrogen (secondary N) is 2. The predicted molar refractivity (Wildman–Crippen MR) is 86.6 cm³/mol. The van der Waals surface area contributed by atoms with Crippen LogP contribution in [0.2, 0.25) is 5.02 Å². The molecule has 2 rings (SSSR count). The Balaban J connectivity index is 1.93. The fraction of sp³-hybridized carbons (Fsp3) is 0.357. The predicted octanol–water partition coefficient (Wildman–Crippen LogP) is 2.58. The van der Waals surface area contributed by atoms with Crippen LogP contribution in [0, 0.1) is 0 Å². The smallest absolute Gasteiger partial charge is 0.229 e. The molecule has 0 aliphatic carbocycles. The molecule has 0 aliphatic rings. The van der Waals surface area contributed by atoms with E-state index < -0.39 is 0 Å². The normalized spacial score (nSPS) is 10.7. The van der Waals surface area contributed by atoms with E-state index in [4.69, 9.17) is 17.3 Å². The molecular formula is C14H19ClN6. The number of hydrogen-bond donors (Lipinski definition) is 3. The summed E-state index contributed by atoms with van der Waals surface area (Å²) < 4.78 is 0. The summed E-state index contributed by atoms with van der Waals surface area (Å²) in [6, 6.07) is 7.98. The molecule has 2 aromatic rings. The molecule has 0 saturated heterocycles. The lowest BCUT2D eigenvalue weighted by atomic mass is 10.1. The van der Waals surface area contributed by atoms with Crippen molar-refractivity contribution in [3.63, 3.8) is 0 Å². The van der Waals surface area contributed by atoms with Crippen LogP contribution in [0.25, 0.3) is 0 Å². The molecule has 1 aromatic heterocycles. The lowest BCUT2D eigenvalue weighted by Gasteiger charge is -2.10. The van der Waals surface area contributed by atoms with Gasteiger partial charge in [0.1, 0.15) is 0 Å². The molecular weight excluding hydrogens is 288 g/mol. The molecule has 0 saturated carbocycles. The average Bonchev–Trinajstić information content (AvgIpc) is 2.39. The van der Waals surface area contributed by atoms with E-state index in [1.807, 2.05) is 38.1 Å². The van der Waals surface area contributed by atoms with Gasteiger partial charge in [-0.15, -0.1) is 0 Å². The Hall–Kier alpha value is -2.08. The summed E-state index contributed by atoms with van der Waals surface area (Å²) in [4.78, 5) is 12.4. The Morgan fingerprint density at radius 2 is 1.76 bits per heavy atom. The summed E-state index contributed by atoms with van der Waals surface area (Å²) in [5.41, 5.74) is 6.87. The minimum Gasteiger partial charge on any atom is -0.368 e. The van der Waals surface area contributed by atoms with Crippen molar-refractivity contribution in [1.82, 2.24) is 15.0 Å². The zero-order valence-corrected chi connectivity index (χ0v) is 12.9. The highest BCUT2D eigenvalue weighted by Crippen LogP contribution is 2.11. The van der Waals surface area contributed by atoms with Crippen LogP contribution in [-0.2, 0) is 6.42 Å². The van der Waals surface area contributed by atoms with Gasteiger partial charge in [0, 0.05) is 17.6 Å². The van der Waals surface area contributed by atoms with E-state index in [0.717, 1.165) is 11.4 Å². The van der Waals surface area contributed by atoms with Crippen LogP contribution >= 0.6 is 11.6 Å². The molecule has 1 heterocycles. The Kier molecular flexibility index (Phi) is 5.16. The number of rotatable bonds is 6. The van der Waals surface area contributed by atoms with E-state index in [1.165, 1.54) is 5.56 Å². The van der Waals surface area contributed by atoms with Gasteiger partial charge in [-0.3, -0.25) is 0 Å². The largest absolute Gasteiger partial charge is 0.368 e. The number of benzene rings is 1. The van der Waals surface area contributed by atoms with Gasteiger partial charge in [-0.05, 0) is 38.0 Å². The number of halogens is 1. The van der Waals surface area contributed by atoms with Crippen LogP contribution in [0.3, 0.4) is 0 Å². The molecule has 21 heavy (non-hydrogen) atoms. The van der Waals surface area contributed by atoms with Crippen molar-refractivity contribution >= 4 is 29.4 Å². The second-order valence-corrected chi connectivity index (χ2v) is 5.38. The standard InChI is InChI=1S/C14H19ClN6/c1-9(2)18-14-20-12(16)19-13(21-14)17-8-7-10-3-5-11(15)6-4-10/h3-6,9H,7-8H2,1-2H3,(H4,16,17,18,19,20,21). The van der Waals surface area contributed by atoms with Crippen LogP contribution in [0.4, 0.5) is 17.8 Å². The van der Waals surface area contributed by atoms with E-state index in [2.05, 4.69) is 25.6 Å². The number of hydrogen-bond acceptors (Lipinski definition) is 6. The summed E-state index contributed by atoms with van der Waals surface area (Å²) in [6.45, 7) is 4.72. The van der Waals surface area contributed by atoms with Crippen molar-refractivity contribution in [2.75, 3.05) is 22.9 Å². The first kappa shape index (κ1) is 15.3. The fourth-order valence-electron chi connectivity index (χ4n) is 1.76. The second-order valence-electron chi connectivity index (χ2n) is 4.94. The molecule has 0 amide bonds. The highest BCUT2D eigenvalue weighted by molar-refractivity contribution is 6.30. The zero-order valence-electron chi connectivity index (χ0n) is 12.1. The van der Waals surface area contributed by atoms with Gasteiger partial charge in [-0.1, -0.05) is 23.7 Å². The van der Waals surface area contributed by atoms with E-state index in [9.17, 15) is 0 Å². The van der Waals surface area contributed by atoms with Gasteiger partial charge in [-0.25, -0.2) is 0 Å². The topological polar surface area (TPSA) is 88.8 Å². The third-order valence-electron chi connectivity index (χ3n) is 2.68. The van der Waals surface area contributed by atoms with E-state index in [-0.39, 0.29) is 12.0 Å². The van der Waals surface area contributed by atoms with Gasteiger partial charge in [0.25, 0.3) is 0 Å². The highest BCUT2D eigenvalue weighted by Gasteiger charge is 2.05. The maximum Gasteiger partial charge on any atom is 0.229 e. The summed E-state index contributed by atoms with van der Waals surface area (Å²) in [5.74, 6) is 1.15. The molecule has 0 unspecified atom stereocenters. The Labute approximate surface area is 129 Å². The number of nitrogens with two attached hydrogens (primary N) is 1. The third-order valence-corrected chi connectivity index (χ3v) is 2.93. The monoisotopic (exact) mass is 306 g/mol. The van der Waals surface area contributed by atoms with Gasteiger partial charge < -0.3 is 16.4 Å². The van der Waals surface area contributed by atoms with Gasteiger partial charge >= 0.3 is 0 Å². The average molecular weight is 307 g/mol. The zero-order chi connectivity index (χ0) is 15.2. The molecule has 0 fully saturated rings. The first-order valence-electron chi connectivity index (χ1n) is 6.79. The van der Waals surface area contributed by atoms with Crippen molar-refractivity contribution in [2.45, 2.75) is 26.3 Å². The molecule has 4 N–H and O–H groups in total. The van der Waals surface area contributed by atoms with Crippen LogP contribution in [0.1, 0.15) is 19.4 Å². The van der Waals surface area contributed by atoms with Gasteiger partial charge in [0.05, 0.1) is 0 Å². The first-order chi connectivity index (χ1) is 10.0. The summed E-state index contributed by atoms with van der Waals surface area (Å²) in [5, 5.41) is 6.99. The molecule has 0 atom stereocenters. The number of nitrogens with zero attached hydrogens (tertiary/aromatic N) is 3. The van der Waals surface area contributed by atoms with Crippen LogP contribution in [-0.4, -0.2) is 27.5 Å². The highest BCUT2D eigenvalue weighted by atomic mass is 35.5. The third kappa shape index (κ3) is 5.07. The molecule has 6 nitrogen and oxygen atoms in total. The maximum atomic E-state index is 5.85. The summed E-state index contributed by atoms with van der Waals surface area (Å²) in [7, 11) is 0. The Morgan fingerprint density at radius 1 is 1.10 bits per heavy atom. The van der Waals surface area contributed by atoms with Crippen LogP contribution in [0.15, 0.2) is 24.3 Å². The van der Waals surface area contributed by atoms with Crippen molar-refractivity contribution in [3.05, 3.63) is 34.9 Å². The first-order valence-corrected chi connectivity index (χ1v) is 7.17. The molecule has 112 valence electrons. The molecule has 0 bridgehead atoms. The lowest BCUT2D eigenvalue weighted by Crippen LogP contribution is -2.16. The van der Waals surface area contributed by atoms with Crippen LogP contribution < -0.4 is 16.4 Å². The van der Waals surface area contributed by atoms with Gasteiger partial charge in [0.15, 0.2) is 0 Å². The molecule has 0 radical (unpaired) electrons. The van der Waals surface area contributed by atoms with E-state index in [0.29, 0.717) is 18.4 Å². The fourth-order valence-corrected chi connectivity index (χ4v) is 1.89. The number of aromatic nitrogens is 3. The maximum absolute atomic E-state index is 5.85. The summed E-state index contributed by atoms with van der Waals surface area (Å²) in [6.07, 6.45) is 0.843. The van der Waals surface area contributed by atoms with Gasteiger partial charge in [-0.2, -0.15) is 15.0 Å². The quantitative estimate of drug-likeness (QED) is 0.760. The molecule has 0 spiro atoms. The minimum atomic E-state index is 0.196. The minimum absolute atomic E-state index is 0.196. The molecule has 1 aromatic carbocycles. The molecule has 7 heteroatoms. The van der Waals surface area contributed by atoms with Crippen molar-refractivity contribution < 1.29 is 0 Å². The lowest BCUT2D eigenvalue weighted by molar-refractivity contribution is 0.866.